The van der Waals surface area contributed by atoms with Gasteiger partial charge in [-0.25, -0.2) is 0 Å². The van der Waals surface area contributed by atoms with Crippen LogP contribution in [0.15, 0.2) is 6.20 Å². The summed E-state index contributed by atoms with van der Waals surface area (Å²) in [7, 11) is 1.84. The summed E-state index contributed by atoms with van der Waals surface area (Å²) >= 11 is 4.87. The van der Waals surface area contributed by atoms with Crippen molar-refractivity contribution in [3.8, 4) is 5.88 Å². The maximum Gasteiger partial charge on any atom is 0.711 e. The van der Waals surface area contributed by atoms with Gasteiger partial charge < -0.3 is 23.9 Å². The van der Waals surface area contributed by atoms with Crippen LogP contribution in [0.25, 0.3) is 0 Å². The Morgan fingerprint density at radius 1 is 1.75 bits per heavy atom. The van der Waals surface area contributed by atoms with E-state index in [-0.39, 0.29) is 0 Å². The van der Waals surface area contributed by atoms with E-state index in [1.54, 1.807) is 17.8 Å². The van der Waals surface area contributed by atoms with Gasteiger partial charge in [0.15, 0.2) is 10.7 Å². The van der Waals surface area contributed by atoms with E-state index in [1.807, 2.05) is 0 Å². The normalized spacial score (nSPS) is 9.92. The number of nitrogens with one attached hydrogen (secondary N) is 1. The molecule has 1 rings (SSSR count). The van der Waals surface area contributed by atoms with E-state index in [0.29, 0.717) is 10.7 Å². The molecule has 1 heterocycles. The molecule has 66 valence electrons. The second-order valence-corrected chi connectivity index (χ2v) is 2.58. The minimum atomic E-state index is -1.27. The Labute approximate surface area is 75.1 Å². The van der Waals surface area contributed by atoms with Crippen LogP contribution in [0, 0.1) is 4.77 Å². The molecular weight excluding hydrogens is 179 g/mol. The van der Waals surface area contributed by atoms with Crippen molar-refractivity contribution in [2.45, 2.75) is 0 Å². The zero-order valence-corrected chi connectivity index (χ0v) is 7.59. The Hall–Kier alpha value is -0.785. The Morgan fingerprint density at radius 3 is 2.83 bits per heavy atom. The molecule has 0 aliphatic carbocycles. The third-order valence-corrected chi connectivity index (χ3v) is 1.68. The van der Waals surface area contributed by atoms with Gasteiger partial charge in [-0.05, 0) is 12.2 Å². The van der Waals surface area contributed by atoms with E-state index in [1.165, 1.54) is 7.11 Å². The highest BCUT2D eigenvalue weighted by Crippen LogP contribution is 2.06. The highest BCUT2D eigenvalue weighted by molar-refractivity contribution is 7.71. The first-order valence-corrected chi connectivity index (χ1v) is 3.67. The van der Waals surface area contributed by atoms with Crippen molar-refractivity contribution in [3.05, 3.63) is 11.0 Å². The first-order valence-electron chi connectivity index (χ1n) is 3.26. The minimum absolute atomic E-state index is 0.372. The zero-order chi connectivity index (χ0) is 9.14. The number of hydrogen-bond donors (Lipinski definition) is 2. The van der Waals surface area contributed by atoms with Crippen molar-refractivity contribution in [2.75, 3.05) is 7.11 Å². The lowest BCUT2D eigenvalue weighted by Gasteiger charge is -2.02. The number of imidazole rings is 1. The second kappa shape index (κ2) is 3.75. The van der Waals surface area contributed by atoms with E-state index in [0.717, 1.165) is 0 Å². The molecule has 0 unspecified atom stereocenters. The van der Waals surface area contributed by atoms with E-state index in [4.69, 9.17) is 21.9 Å². The van der Waals surface area contributed by atoms with Gasteiger partial charge in [-0.3, -0.25) is 0 Å². The quantitative estimate of drug-likeness (QED) is 0.521. The number of H-pyrrole nitrogens is 1. The molecule has 12 heavy (non-hydrogen) atoms. The minimum Gasteiger partial charge on any atom is -0.498 e. The Bertz CT molecular complexity index is 310. The Balaban J connectivity index is 2.70. The van der Waals surface area contributed by atoms with Crippen LogP contribution in [0.2, 0.25) is 0 Å². The summed E-state index contributed by atoms with van der Waals surface area (Å²) in [6.45, 7) is 0. The molecule has 0 amide bonds. The molecule has 5 nitrogen and oxygen atoms in total. The molecule has 0 aliphatic heterocycles. The van der Waals surface area contributed by atoms with Gasteiger partial charge in [0.25, 0.3) is 0 Å². The van der Waals surface area contributed by atoms with Crippen LogP contribution in [0.5, 0.6) is 5.88 Å². The van der Waals surface area contributed by atoms with Crippen LogP contribution in [-0.2, 0) is 11.7 Å². The maximum atomic E-state index is 8.90. The fourth-order valence-electron chi connectivity index (χ4n) is 0.677. The first kappa shape index (κ1) is 9.30. The van der Waals surface area contributed by atoms with Crippen molar-refractivity contribution in [1.82, 2.24) is 9.55 Å². The number of nitrogens with zero attached hydrogens (tertiary/aromatic N) is 1. The monoisotopic (exact) mass is 188 g/mol. The summed E-state index contributed by atoms with van der Waals surface area (Å²) < 4.78 is 11.5. The predicted molar refractivity (Wildman–Crippen MR) is 46.2 cm³/mol. The largest absolute Gasteiger partial charge is 0.711 e. The van der Waals surface area contributed by atoms with Crippen LogP contribution < -0.4 is 4.65 Å². The highest BCUT2D eigenvalue weighted by atomic mass is 32.1. The average molecular weight is 188 g/mol. The maximum absolute atomic E-state index is 8.90. The molecule has 0 spiro atoms. The standard InChI is InChI=1S/C5H9BN2O3S/c1-8-3-4(7-5(8)12)11-6(9)10-2/h3,9H,1-2H3,(H,7,12). The van der Waals surface area contributed by atoms with Crippen molar-refractivity contribution in [2.24, 2.45) is 7.05 Å². The van der Waals surface area contributed by atoms with Crippen LogP contribution in [0.1, 0.15) is 0 Å². The lowest BCUT2D eigenvalue weighted by atomic mass is 10.2. The van der Waals surface area contributed by atoms with E-state index in [2.05, 4.69) is 9.64 Å². The summed E-state index contributed by atoms with van der Waals surface area (Å²) in [5, 5.41) is 8.90. The van der Waals surface area contributed by atoms with Crippen molar-refractivity contribution in [3.63, 3.8) is 0 Å². The summed E-state index contributed by atoms with van der Waals surface area (Å²) in [4.78, 5) is 2.73. The van der Waals surface area contributed by atoms with Crippen molar-refractivity contribution in [1.29, 1.82) is 0 Å². The van der Waals surface area contributed by atoms with Crippen molar-refractivity contribution < 1.29 is 14.3 Å². The summed E-state index contributed by atoms with van der Waals surface area (Å²) in [6.07, 6.45) is 1.62. The highest BCUT2D eigenvalue weighted by Gasteiger charge is 2.16. The molecule has 0 radical (unpaired) electrons. The molecule has 0 aliphatic rings. The molecule has 1 aromatic rings. The molecular formula is C5H9BN2O3S. The second-order valence-electron chi connectivity index (χ2n) is 2.20. The van der Waals surface area contributed by atoms with Gasteiger partial charge in [-0.15, -0.1) is 0 Å². The lowest BCUT2D eigenvalue weighted by molar-refractivity contribution is 0.235. The fourth-order valence-corrected chi connectivity index (χ4v) is 0.830. The molecule has 0 atom stereocenters. The van der Waals surface area contributed by atoms with Crippen LogP contribution in [-0.4, -0.2) is 29.0 Å². The van der Waals surface area contributed by atoms with Gasteiger partial charge in [-0.2, -0.15) is 0 Å². The molecule has 7 heteroatoms. The SMILES string of the molecule is COB(O)Oc1cn(C)c(=S)[nH]1. The average Bonchev–Trinajstić information content (AvgIpc) is 2.31. The number of aromatic amines is 1. The molecule has 0 saturated carbocycles. The Kier molecular flexibility index (Phi) is 2.91. The molecule has 0 fully saturated rings. The topological polar surface area (TPSA) is 59.4 Å². The van der Waals surface area contributed by atoms with Gasteiger partial charge in [0.05, 0.1) is 6.20 Å². The number of aryl methyl sites for hydroxylation is 1. The molecule has 0 bridgehead atoms. The van der Waals surface area contributed by atoms with Crippen molar-refractivity contribution >= 4 is 19.5 Å². The lowest BCUT2D eigenvalue weighted by Crippen LogP contribution is -2.24. The van der Waals surface area contributed by atoms with Gasteiger partial charge in [-0.1, -0.05) is 0 Å². The predicted octanol–water partition coefficient (Wildman–Crippen LogP) is 0.0851. The molecule has 0 aromatic carbocycles. The third-order valence-electron chi connectivity index (χ3n) is 1.29. The molecule has 2 N–H and O–H groups in total. The van der Waals surface area contributed by atoms with Gasteiger partial charge in [0.2, 0.25) is 0 Å². The van der Waals surface area contributed by atoms with E-state index < -0.39 is 7.32 Å². The number of hydrogen-bond acceptors (Lipinski definition) is 4. The van der Waals surface area contributed by atoms with Gasteiger partial charge in [0, 0.05) is 14.2 Å². The van der Waals surface area contributed by atoms with Gasteiger partial charge in [0.1, 0.15) is 0 Å². The summed E-state index contributed by atoms with van der Waals surface area (Å²) in [5.74, 6) is 0.372. The fraction of sp³-hybridized carbons (Fsp3) is 0.400. The summed E-state index contributed by atoms with van der Waals surface area (Å²) in [6, 6.07) is 0. The molecule has 0 saturated heterocycles. The zero-order valence-electron chi connectivity index (χ0n) is 6.77. The third kappa shape index (κ3) is 2.10. The van der Waals surface area contributed by atoms with Crippen LogP contribution in [0.4, 0.5) is 0 Å². The number of rotatable bonds is 3. The van der Waals surface area contributed by atoms with Crippen LogP contribution >= 0.6 is 12.2 Å². The van der Waals surface area contributed by atoms with E-state index in [9.17, 15) is 0 Å². The Morgan fingerprint density at radius 2 is 2.42 bits per heavy atom. The number of aromatic nitrogens is 2. The van der Waals surface area contributed by atoms with E-state index >= 15 is 0 Å². The summed E-state index contributed by atoms with van der Waals surface area (Å²) in [5.41, 5.74) is 0. The smallest absolute Gasteiger partial charge is 0.498 e. The van der Waals surface area contributed by atoms with Crippen LogP contribution in [0.3, 0.4) is 0 Å². The first-order chi connectivity index (χ1) is 5.63. The molecule has 1 aromatic heterocycles. The van der Waals surface area contributed by atoms with Gasteiger partial charge >= 0.3 is 7.32 Å².